The Labute approximate surface area is 232 Å². The predicted octanol–water partition coefficient (Wildman–Crippen LogP) is 4.09. The van der Waals surface area contributed by atoms with Crippen molar-refractivity contribution < 1.29 is 23.5 Å². The largest absolute Gasteiger partial charge is 0.497 e. The van der Waals surface area contributed by atoms with Gasteiger partial charge in [0, 0.05) is 32.6 Å². The van der Waals surface area contributed by atoms with E-state index in [1.807, 2.05) is 30.3 Å². The van der Waals surface area contributed by atoms with Crippen LogP contribution in [0.25, 0.3) is 0 Å². The molecule has 39 heavy (non-hydrogen) atoms. The minimum absolute atomic E-state index is 0.148. The van der Waals surface area contributed by atoms with Crippen LogP contribution in [0, 0.1) is 0 Å². The van der Waals surface area contributed by atoms with Crippen LogP contribution in [0.5, 0.6) is 5.75 Å². The van der Waals surface area contributed by atoms with Gasteiger partial charge in [0.1, 0.15) is 24.1 Å². The van der Waals surface area contributed by atoms with E-state index in [0.717, 1.165) is 30.1 Å². The third-order valence-corrected chi connectivity index (χ3v) is 7.30. The second-order valence-corrected chi connectivity index (χ2v) is 9.82. The van der Waals surface area contributed by atoms with Crippen molar-refractivity contribution in [3.8, 4) is 5.75 Å². The van der Waals surface area contributed by atoms with Gasteiger partial charge in [-0.05, 0) is 54.1 Å². The van der Waals surface area contributed by atoms with Gasteiger partial charge in [-0.1, -0.05) is 23.7 Å². The third kappa shape index (κ3) is 6.33. The number of nitrogens with zero attached hydrogens (tertiary/aromatic N) is 4. The molecular formula is C29H31ClN4O5. The highest BCUT2D eigenvalue weighted by molar-refractivity contribution is 6.33. The minimum atomic E-state index is -0.416. The average molecular weight is 551 g/mol. The smallest absolute Gasteiger partial charge is 0.262 e. The Kier molecular flexibility index (Phi) is 8.61. The summed E-state index contributed by atoms with van der Waals surface area (Å²) in [5, 5.41) is 6.50. The number of amides is 2. The minimum Gasteiger partial charge on any atom is -0.497 e. The zero-order chi connectivity index (χ0) is 27.2. The first-order chi connectivity index (χ1) is 19.0. The van der Waals surface area contributed by atoms with Crippen molar-refractivity contribution in [3.63, 3.8) is 0 Å². The molecule has 0 bridgehead atoms. The number of benzene rings is 2. The molecule has 0 radical (unpaired) electrons. The number of ether oxygens (including phenoxy) is 2. The molecule has 0 saturated carbocycles. The fourth-order valence-corrected chi connectivity index (χ4v) is 5.00. The SMILES string of the molecule is COc1ccc(C2=NN(C(=O)CN(CCN3CCOCC3)C(=O)c3ccccc3Cl)[C@H](c3ccco3)C2)cc1. The lowest BCUT2D eigenvalue weighted by atomic mass is 10.0. The number of hydrogen-bond donors (Lipinski definition) is 0. The molecular weight excluding hydrogens is 520 g/mol. The second kappa shape index (κ2) is 12.5. The van der Waals surface area contributed by atoms with Crippen molar-refractivity contribution in [1.82, 2.24) is 14.8 Å². The molecule has 0 unspecified atom stereocenters. The fraction of sp³-hybridized carbons (Fsp3) is 0.345. The molecule has 0 N–H and O–H groups in total. The molecule has 9 nitrogen and oxygen atoms in total. The van der Waals surface area contributed by atoms with Crippen molar-refractivity contribution in [3.05, 3.63) is 88.8 Å². The lowest BCUT2D eigenvalue weighted by molar-refractivity contribution is -0.134. The zero-order valence-corrected chi connectivity index (χ0v) is 22.5. The number of hydrazone groups is 1. The number of hydrogen-bond acceptors (Lipinski definition) is 7. The number of rotatable bonds is 9. The highest BCUT2D eigenvalue weighted by Crippen LogP contribution is 2.33. The van der Waals surface area contributed by atoms with Gasteiger partial charge in [-0.2, -0.15) is 5.10 Å². The predicted molar refractivity (Wildman–Crippen MR) is 147 cm³/mol. The maximum Gasteiger partial charge on any atom is 0.262 e. The Morgan fingerprint density at radius 2 is 1.85 bits per heavy atom. The molecule has 2 aliphatic rings. The molecule has 2 aromatic carbocycles. The molecule has 1 aromatic heterocycles. The van der Waals surface area contributed by atoms with Gasteiger partial charge >= 0.3 is 0 Å². The van der Waals surface area contributed by atoms with Gasteiger partial charge in [0.05, 0.1) is 42.9 Å². The summed E-state index contributed by atoms with van der Waals surface area (Å²) in [5.74, 6) is 0.771. The second-order valence-electron chi connectivity index (χ2n) is 9.41. The Morgan fingerprint density at radius 1 is 1.08 bits per heavy atom. The Bertz CT molecular complexity index is 1310. The van der Waals surface area contributed by atoms with Crippen LogP contribution in [0.15, 0.2) is 76.4 Å². The number of halogens is 1. The van der Waals surface area contributed by atoms with Crippen molar-refractivity contribution in [2.45, 2.75) is 12.5 Å². The molecule has 204 valence electrons. The normalized spacial score (nSPS) is 17.6. The number of carbonyl (C=O) groups is 2. The van der Waals surface area contributed by atoms with Crippen LogP contribution in [0.1, 0.15) is 34.1 Å². The molecule has 3 heterocycles. The molecule has 0 aliphatic carbocycles. The number of morpholine rings is 1. The summed E-state index contributed by atoms with van der Waals surface area (Å²) in [6, 6.07) is 17.7. The number of carbonyl (C=O) groups excluding carboxylic acids is 2. The maximum absolute atomic E-state index is 13.8. The van der Waals surface area contributed by atoms with Crippen LogP contribution in [0.3, 0.4) is 0 Å². The van der Waals surface area contributed by atoms with Gasteiger partial charge in [0.2, 0.25) is 0 Å². The van der Waals surface area contributed by atoms with E-state index in [2.05, 4.69) is 4.90 Å². The van der Waals surface area contributed by atoms with E-state index in [0.29, 0.717) is 49.1 Å². The first kappa shape index (κ1) is 26.9. The van der Waals surface area contributed by atoms with Gasteiger partial charge in [-0.25, -0.2) is 5.01 Å². The van der Waals surface area contributed by atoms with Crippen molar-refractivity contribution in [1.29, 1.82) is 0 Å². The van der Waals surface area contributed by atoms with Crippen LogP contribution in [-0.2, 0) is 9.53 Å². The highest BCUT2D eigenvalue weighted by atomic mass is 35.5. The summed E-state index contributed by atoms with van der Waals surface area (Å²) in [6.07, 6.45) is 2.07. The van der Waals surface area contributed by atoms with Crippen molar-refractivity contribution in [2.24, 2.45) is 5.10 Å². The average Bonchev–Trinajstić information content (AvgIpc) is 3.66. The Balaban J connectivity index is 1.39. The Morgan fingerprint density at radius 3 is 2.54 bits per heavy atom. The van der Waals surface area contributed by atoms with Crippen LogP contribution in [-0.4, -0.2) is 85.4 Å². The number of methoxy groups -OCH3 is 1. The number of furan rings is 1. The molecule has 2 aliphatic heterocycles. The van der Waals surface area contributed by atoms with E-state index in [-0.39, 0.29) is 18.4 Å². The monoisotopic (exact) mass is 550 g/mol. The van der Waals surface area contributed by atoms with Gasteiger partial charge < -0.3 is 18.8 Å². The molecule has 3 aromatic rings. The van der Waals surface area contributed by atoms with E-state index in [9.17, 15) is 9.59 Å². The van der Waals surface area contributed by atoms with Crippen molar-refractivity contribution >= 4 is 29.1 Å². The van der Waals surface area contributed by atoms with E-state index < -0.39 is 6.04 Å². The topological polar surface area (TPSA) is 87.8 Å². The van der Waals surface area contributed by atoms with Gasteiger partial charge in [-0.15, -0.1) is 0 Å². The highest BCUT2D eigenvalue weighted by Gasteiger charge is 2.36. The molecule has 2 amide bonds. The van der Waals surface area contributed by atoms with Gasteiger partial charge in [0.15, 0.2) is 0 Å². The molecule has 0 spiro atoms. The first-order valence-corrected chi connectivity index (χ1v) is 13.3. The van der Waals surface area contributed by atoms with E-state index in [1.165, 1.54) is 5.01 Å². The quantitative estimate of drug-likeness (QED) is 0.399. The van der Waals surface area contributed by atoms with Crippen LogP contribution < -0.4 is 4.74 Å². The standard InChI is InChI=1S/C29H31ClN4O5/c1-37-22-10-8-21(9-11-22)25-19-26(27-7-4-16-39-27)34(31-25)28(35)20-33(13-12-32-14-17-38-18-15-32)29(36)23-5-2-3-6-24(23)30/h2-11,16,26H,12-15,17-20H2,1H3/t26-/m0/s1. The third-order valence-electron chi connectivity index (χ3n) is 6.97. The zero-order valence-electron chi connectivity index (χ0n) is 21.8. The van der Waals surface area contributed by atoms with Crippen LogP contribution in [0.4, 0.5) is 0 Å². The summed E-state index contributed by atoms with van der Waals surface area (Å²) in [4.78, 5) is 31.2. The van der Waals surface area contributed by atoms with E-state index in [1.54, 1.807) is 48.6 Å². The van der Waals surface area contributed by atoms with Crippen LogP contribution >= 0.6 is 11.6 Å². The summed E-state index contributed by atoms with van der Waals surface area (Å²) in [7, 11) is 1.62. The van der Waals surface area contributed by atoms with Gasteiger partial charge in [0.25, 0.3) is 11.8 Å². The lowest BCUT2D eigenvalue weighted by Crippen LogP contribution is -2.46. The molecule has 5 rings (SSSR count). The molecule has 10 heteroatoms. The molecule has 1 saturated heterocycles. The summed E-state index contributed by atoms with van der Waals surface area (Å²) in [6.45, 7) is 3.70. The van der Waals surface area contributed by atoms with Crippen LogP contribution in [0.2, 0.25) is 5.02 Å². The molecule has 1 atom stereocenters. The lowest BCUT2D eigenvalue weighted by Gasteiger charge is -2.31. The summed E-state index contributed by atoms with van der Waals surface area (Å²) < 4.78 is 16.4. The van der Waals surface area contributed by atoms with E-state index >= 15 is 0 Å². The van der Waals surface area contributed by atoms with Crippen molar-refractivity contribution in [2.75, 3.05) is 53.0 Å². The first-order valence-electron chi connectivity index (χ1n) is 12.9. The summed E-state index contributed by atoms with van der Waals surface area (Å²) >= 11 is 6.36. The van der Waals surface area contributed by atoms with E-state index in [4.69, 9.17) is 30.6 Å². The molecule has 1 fully saturated rings. The maximum atomic E-state index is 13.8. The Hall–Kier alpha value is -3.66. The summed E-state index contributed by atoms with van der Waals surface area (Å²) in [5.41, 5.74) is 2.00. The fourth-order valence-electron chi connectivity index (χ4n) is 4.78. The van der Waals surface area contributed by atoms with Gasteiger partial charge in [-0.3, -0.25) is 14.5 Å².